The Kier molecular flexibility index (Phi) is 5.26. The van der Waals surface area contributed by atoms with Gasteiger partial charge < -0.3 is 10.2 Å². The summed E-state index contributed by atoms with van der Waals surface area (Å²) in [6.45, 7) is 5.48. The quantitative estimate of drug-likeness (QED) is 0.755. The van der Waals surface area contributed by atoms with Crippen molar-refractivity contribution in [3.05, 3.63) is 75.3 Å². The van der Waals surface area contributed by atoms with Crippen molar-refractivity contribution < 1.29 is 9.59 Å². The molecule has 144 valence electrons. The molecular weight excluding hydrogens is 356 g/mol. The van der Waals surface area contributed by atoms with E-state index in [1.165, 1.54) is 22.5 Å². The van der Waals surface area contributed by atoms with E-state index >= 15 is 0 Å². The van der Waals surface area contributed by atoms with E-state index in [1.54, 1.807) is 12.3 Å². The Morgan fingerprint density at radius 3 is 2.46 bits per heavy atom. The molecule has 3 aromatic rings. The van der Waals surface area contributed by atoms with Gasteiger partial charge in [-0.2, -0.15) is 0 Å². The summed E-state index contributed by atoms with van der Waals surface area (Å²) in [4.78, 5) is 43.2. The lowest BCUT2D eigenvalue weighted by Crippen LogP contribution is -2.38. The van der Waals surface area contributed by atoms with Crippen molar-refractivity contribution in [2.75, 3.05) is 18.9 Å². The predicted octanol–water partition coefficient (Wildman–Crippen LogP) is 2.33. The Bertz CT molecular complexity index is 1110. The maximum absolute atomic E-state index is 12.7. The fourth-order valence-corrected chi connectivity index (χ4v) is 3.01. The molecule has 0 spiro atoms. The van der Waals surface area contributed by atoms with Crippen LogP contribution in [0.25, 0.3) is 5.65 Å². The fourth-order valence-electron chi connectivity index (χ4n) is 3.01. The standard InChI is InChI=1S/C21H22N4O3/c1-13-8-9-17-22-10-16(21(28)25(17)11-13)20(27)24(4)12-18(26)23-19-14(2)6-5-7-15(19)3/h5-11H,12H2,1-4H3,(H,23,26). The number of amides is 2. The van der Waals surface area contributed by atoms with Gasteiger partial charge in [-0.05, 0) is 43.5 Å². The van der Waals surface area contributed by atoms with E-state index in [0.29, 0.717) is 5.65 Å². The van der Waals surface area contributed by atoms with Crippen molar-refractivity contribution in [3.8, 4) is 0 Å². The fraction of sp³-hybridized carbons (Fsp3) is 0.238. The summed E-state index contributed by atoms with van der Waals surface area (Å²) in [7, 11) is 1.48. The van der Waals surface area contributed by atoms with E-state index in [4.69, 9.17) is 0 Å². The summed E-state index contributed by atoms with van der Waals surface area (Å²) in [5, 5.41) is 2.84. The molecule has 0 aliphatic rings. The highest BCUT2D eigenvalue weighted by molar-refractivity contribution is 5.99. The zero-order chi connectivity index (χ0) is 20.4. The lowest BCUT2D eigenvalue weighted by Gasteiger charge is -2.18. The summed E-state index contributed by atoms with van der Waals surface area (Å²) >= 11 is 0. The average molecular weight is 378 g/mol. The van der Waals surface area contributed by atoms with Crippen LogP contribution in [0.3, 0.4) is 0 Å². The Morgan fingerprint density at radius 1 is 1.11 bits per heavy atom. The van der Waals surface area contributed by atoms with E-state index in [0.717, 1.165) is 22.4 Å². The Morgan fingerprint density at radius 2 is 1.79 bits per heavy atom. The van der Waals surface area contributed by atoms with Gasteiger partial charge in [-0.1, -0.05) is 24.3 Å². The molecule has 0 aliphatic heterocycles. The Hall–Kier alpha value is -3.48. The second-order valence-corrected chi connectivity index (χ2v) is 6.89. The number of carbonyl (C=O) groups excluding carboxylic acids is 2. The molecule has 2 amide bonds. The molecule has 1 aromatic carbocycles. The number of aryl methyl sites for hydroxylation is 3. The number of anilines is 1. The van der Waals surface area contributed by atoms with Crippen LogP contribution < -0.4 is 10.9 Å². The van der Waals surface area contributed by atoms with Crippen LogP contribution in [0, 0.1) is 20.8 Å². The smallest absolute Gasteiger partial charge is 0.270 e. The van der Waals surface area contributed by atoms with E-state index in [2.05, 4.69) is 10.3 Å². The first kappa shape index (κ1) is 19.3. The van der Waals surface area contributed by atoms with Crippen LogP contribution in [0.1, 0.15) is 27.0 Å². The van der Waals surface area contributed by atoms with Gasteiger partial charge in [-0.3, -0.25) is 18.8 Å². The van der Waals surface area contributed by atoms with Crippen LogP contribution in [-0.4, -0.2) is 39.7 Å². The van der Waals surface area contributed by atoms with Crippen LogP contribution in [0.2, 0.25) is 0 Å². The molecule has 1 N–H and O–H groups in total. The molecular formula is C21H22N4O3. The second kappa shape index (κ2) is 7.64. The first-order chi connectivity index (χ1) is 13.3. The minimum Gasteiger partial charge on any atom is -0.332 e. The van der Waals surface area contributed by atoms with Crippen LogP contribution in [0.4, 0.5) is 5.69 Å². The van der Waals surface area contributed by atoms with Crippen LogP contribution >= 0.6 is 0 Å². The molecule has 0 fully saturated rings. The number of hydrogen-bond acceptors (Lipinski definition) is 4. The van der Waals surface area contributed by atoms with Gasteiger partial charge >= 0.3 is 0 Å². The SMILES string of the molecule is Cc1ccc2ncc(C(=O)N(C)CC(=O)Nc3c(C)cccc3C)c(=O)n2c1. The number of likely N-dealkylation sites (N-methyl/N-ethyl adjacent to an activating group) is 1. The summed E-state index contributed by atoms with van der Waals surface area (Å²) in [6, 6.07) is 9.28. The molecule has 7 nitrogen and oxygen atoms in total. The van der Waals surface area contributed by atoms with Crippen molar-refractivity contribution in [3.63, 3.8) is 0 Å². The molecule has 28 heavy (non-hydrogen) atoms. The lowest BCUT2D eigenvalue weighted by molar-refractivity contribution is -0.116. The minimum atomic E-state index is -0.551. The topological polar surface area (TPSA) is 83.8 Å². The summed E-state index contributed by atoms with van der Waals surface area (Å²) < 4.78 is 1.34. The number of para-hydroxylation sites is 1. The first-order valence-corrected chi connectivity index (χ1v) is 8.87. The van der Waals surface area contributed by atoms with E-state index in [1.807, 2.05) is 45.0 Å². The highest BCUT2D eigenvalue weighted by Gasteiger charge is 2.20. The monoisotopic (exact) mass is 378 g/mol. The molecule has 0 bridgehead atoms. The minimum absolute atomic E-state index is 0.0783. The number of aromatic nitrogens is 2. The third-order valence-corrected chi connectivity index (χ3v) is 4.55. The molecule has 3 rings (SSSR count). The largest absolute Gasteiger partial charge is 0.332 e. The van der Waals surface area contributed by atoms with Gasteiger partial charge in [-0.25, -0.2) is 4.98 Å². The molecule has 0 atom stereocenters. The maximum atomic E-state index is 12.7. The van der Waals surface area contributed by atoms with Gasteiger partial charge in [0.15, 0.2) is 0 Å². The van der Waals surface area contributed by atoms with Gasteiger partial charge in [0.25, 0.3) is 11.5 Å². The van der Waals surface area contributed by atoms with E-state index in [9.17, 15) is 14.4 Å². The third-order valence-electron chi connectivity index (χ3n) is 4.55. The molecule has 0 unspecified atom stereocenters. The van der Waals surface area contributed by atoms with Crippen molar-refractivity contribution in [2.24, 2.45) is 0 Å². The van der Waals surface area contributed by atoms with Gasteiger partial charge in [0.1, 0.15) is 11.2 Å². The van der Waals surface area contributed by atoms with Crippen molar-refractivity contribution in [2.45, 2.75) is 20.8 Å². The first-order valence-electron chi connectivity index (χ1n) is 8.87. The van der Waals surface area contributed by atoms with Crippen LogP contribution in [0.15, 0.2) is 47.5 Å². The van der Waals surface area contributed by atoms with E-state index in [-0.39, 0.29) is 18.0 Å². The van der Waals surface area contributed by atoms with E-state index < -0.39 is 11.5 Å². The number of hydrogen-bond donors (Lipinski definition) is 1. The highest BCUT2D eigenvalue weighted by atomic mass is 16.2. The molecule has 0 saturated carbocycles. The zero-order valence-electron chi connectivity index (χ0n) is 16.3. The molecule has 0 aliphatic carbocycles. The number of nitrogens with zero attached hydrogens (tertiary/aromatic N) is 3. The normalized spacial score (nSPS) is 10.7. The van der Waals surface area contributed by atoms with Gasteiger partial charge in [-0.15, -0.1) is 0 Å². The average Bonchev–Trinajstić information content (AvgIpc) is 2.65. The second-order valence-electron chi connectivity index (χ2n) is 6.89. The number of benzene rings is 1. The highest BCUT2D eigenvalue weighted by Crippen LogP contribution is 2.19. The van der Waals surface area contributed by atoms with Crippen molar-refractivity contribution >= 4 is 23.1 Å². The van der Waals surface area contributed by atoms with Gasteiger partial charge in [0.05, 0.1) is 6.54 Å². The molecule has 0 saturated heterocycles. The van der Waals surface area contributed by atoms with Gasteiger partial charge in [0, 0.05) is 25.1 Å². The number of fused-ring (bicyclic) bond motifs is 1. The molecule has 2 heterocycles. The number of rotatable bonds is 4. The molecule has 7 heteroatoms. The van der Waals surface area contributed by atoms with Crippen LogP contribution in [0.5, 0.6) is 0 Å². The summed E-state index contributed by atoms with van der Waals surface area (Å²) in [5.41, 5.74) is 3.41. The predicted molar refractivity (Wildman–Crippen MR) is 108 cm³/mol. The zero-order valence-corrected chi connectivity index (χ0v) is 16.3. The molecule has 2 aromatic heterocycles. The summed E-state index contributed by atoms with van der Waals surface area (Å²) in [6.07, 6.45) is 2.89. The summed E-state index contributed by atoms with van der Waals surface area (Å²) in [5.74, 6) is -0.886. The number of pyridine rings is 1. The third kappa shape index (κ3) is 3.78. The Labute approximate surface area is 162 Å². The maximum Gasteiger partial charge on any atom is 0.270 e. The van der Waals surface area contributed by atoms with Crippen molar-refractivity contribution in [1.82, 2.24) is 14.3 Å². The van der Waals surface area contributed by atoms with Crippen LogP contribution in [-0.2, 0) is 4.79 Å². The number of nitrogens with one attached hydrogen (secondary N) is 1. The number of carbonyl (C=O) groups is 2. The molecule has 0 radical (unpaired) electrons. The lowest BCUT2D eigenvalue weighted by atomic mass is 10.1. The van der Waals surface area contributed by atoms with Gasteiger partial charge in [0.2, 0.25) is 5.91 Å². The Balaban J connectivity index is 1.79. The van der Waals surface area contributed by atoms with Crippen molar-refractivity contribution in [1.29, 1.82) is 0 Å².